The Hall–Kier alpha value is -6.09. The molecule has 0 spiro atoms. The summed E-state index contributed by atoms with van der Waals surface area (Å²) in [6.45, 7) is 1.37. The normalized spacial score (nSPS) is 13.8. The summed E-state index contributed by atoms with van der Waals surface area (Å²) in [4.78, 5) is 51.0. The molecule has 2 aliphatic rings. The fraction of sp³-hybridized carbons (Fsp3) is 0.0571. The lowest BCUT2D eigenvalue weighted by Gasteiger charge is -2.06. The fourth-order valence-electron chi connectivity index (χ4n) is 6.17. The summed E-state index contributed by atoms with van der Waals surface area (Å²) in [5.41, 5.74) is 5.35. The van der Waals surface area contributed by atoms with Crippen LogP contribution >= 0.6 is 0 Å². The van der Waals surface area contributed by atoms with Gasteiger partial charge >= 0.3 is 0 Å². The third-order valence-electron chi connectivity index (χ3n) is 8.22. The van der Waals surface area contributed by atoms with Crippen LogP contribution in [-0.2, 0) is 6.42 Å². The molecule has 0 aliphatic carbocycles. The molecule has 8 rings (SSSR count). The number of carbonyl (C=O) groups is 3. The molecule has 4 heterocycles. The molecule has 6 aromatic rings. The first-order valence-corrected chi connectivity index (χ1v) is 14.0. The summed E-state index contributed by atoms with van der Waals surface area (Å²) in [5, 5.41) is 23.4. The van der Waals surface area contributed by atoms with Gasteiger partial charge in [0.2, 0.25) is 17.5 Å². The van der Waals surface area contributed by atoms with Crippen molar-refractivity contribution in [2.24, 2.45) is 9.98 Å². The van der Waals surface area contributed by atoms with Crippen LogP contribution in [0.25, 0.3) is 21.8 Å². The summed E-state index contributed by atoms with van der Waals surface area (Å²) < 4.78 is 1.33. The van der Waals surface area contributed by atoms with Gasteiger partial charge in [0.25, 0.3) is 0 Å². The van der Waals surface area contributed by atoms with E-state index in [9.17, 15) is 24.6 Å². The molecule has 0 saturated carbocycles. The van der Waals surface area contributed by atoms with Crippen LogP contribution in [0.1, 0.15) is 54.9 Å². The predicted molar refractivity (Wildman–Crippen MR) is 167 cm³/mol. The molecule has 0 atom stereocenters. The quantitative estimate of drug-likeness (QED) is 0.222. The molecule has 0 saturated heterocycles. The summed E-state index contributed by atoms with van der Waals surface area (Å²) in [6, 6.07) is 25.0. The average molecular weight is 579 g/mol. The molecule has 3 N–H and O–H groups in total. The number of nitrogens with zero attached hydrogens (tertiary/aromatic N) is 3. The highest BCUT2D eigenvalue weighted by Crippen LogP contribution is 2.39. The number of nitrogens with one attached hydrogen (secondary N) is 1. The van der Waals surface area contributed by atoms with Crippen molar-refractivity contribution in [3.63, 3.8) is 0 Å². The second kappa shape index (κ2) is 9.20. The van der Waals surface area contributed by atoms with Crippen molar-refractivity contribution < 1.29 is 24.6 Å². The van der Waals surface area contributed by atoms with Crippen LogP contribution in [0.15, 0.2) is 94.9 Å². The molecule has 0 bridgehead atoms. The Morgan fingerprint density at radius 1 is 0.750 bits per heavy atom. The second-order valence-corrected chi connectivity index (χ2v) is 10.9. The van der Waals surface area contributed by atoms with E-state index in [0.29, 0.717) is 50.7 Å². The zero-order chi connectivity index (χ0) is 30.3. The van der Waals surface area contributed by atoms with E-state index in [1.807, 2.05) is 30.3 Å². The topological polar surface area (TPSA) is 137 Å². The van der Waals surface area contributed by atoms with E-state index in [1.165, 1.54) is 11.5 Å². The van der Waals surface area contributed by atoms with E-state index in [2.05, 4.69) is 15.0 Å². The minimum absolute atomic E-state index is 0.0225. The van der Waals surface area contributed by atoms with Crippen LogP contribution in [0.4, 0.5) is 11.4 Å². The lowest BCUT2D eigenvalue weighted by molar-refractivity contribution is 0.0940. The molecule has 4 aromatic carbocycles. The standard InChI is InChI=1S/C35H22N4O5/c1-17(40)39-27-13-11-19(16-23(27)35(44)31(39)30-33(42)21-7-3-5-9-25(21)38-30)14-18-10-12-26-22(15-18)34(43)29(37-26)28-32(41)20-6-2-4-8-24(20)36-28/h2-13,15-16,37,43-44H,14H2,1H3. The molecule has 2 aromatic heterocycles. The molecule has 0 radical (unpaired) electrons. The van der Waals surface area contributed by atoms with Crippen LogP contribution in [0.3, 0.4) is 0 Å². The minimum Gasteiger partial charge on any atom is -0.505 e. The monoisotopic (exact) mass is 578 g/mol. The predicted octanol–water partition coefficient (Wildman–Crippen LogP) is 6.42. The van der Waals surface area contributed by atoms with Crippen LogP contribution in [-0.4, -0.2) is 48.7 Å². The lowest BCUT2D eigenvalue weighted by Crippen LogP contribution is -2.19. The Bertz CT molecular complexity index is 2350. The number of aliphatic imine (C=N–C) groups is 2. The number of fused-ring (bicyclic) bond motifs is 4. The van der Waals surface area contributed by atoms with Gasteiger partial charge in [-0.1, -0.05) is 36.4 Å². The molecule has 2 aliphatic heterocycles. The second-order valence-electron chi connectivity index (χ2n) is 10.9. The SMILES string of the molecule is CC(=O)n1c(C2=Nc3ccccc3C2=O)c(O)c2cc(Cc3ccc4[nH]c(C5=Nc6ccccc6C5=O)c(O)c4c3)ccc21. The Balaban J connectivity index is 1.16. The number of H-pyrrole nitrogens is 1. The van der Waals surface area contributed by atoms with Crippen LogP contribution in [0.5, 0.6) is 11.5 Å². The van der Waals surface area contributed by atoms with Crippen molar-refractivity contribution in [2.75, 3.05) is 0 Å². The largest absolute Gasteiger partial charge is 0.505 e. The number of carbonyl (C=O) groups excluding carboxylic acids is 3. The Labute approximate surface area is 249 Å². The number of hydrogen-bond donors (Lipinski definition) is 3. The Morgan fingerprint density at radius 2 is 1.34 bits per heavy atom. The first-order valence-electron chi connectivity index (χ1n) is 14.0. The molecule has 212 valence electrons. The highest BCUT2D eigenvalue weighted by atomic mass is 16.3. The summed E-state index contributed by atoms with van der Waals surface area (Å²) >= 11 is 0. The van der Waals surface area contributed by atoms with Crippen molar-refractivity contribution in [3.8, 4) is 11.5 Å². The maximum atomic E-state index is 13.2. The summed E-state index contributed by atoms with van der Waals surface area (Å²) in [7, 11) is 0. The molecule has 0 unspecified atom stereocenters. The summed E-state index contributed by atoms with van der Waals surface area (Å²) in [5.74, 6) is -1.21. The van der Waals surface area contributed by atoms with Gasteiger partial charge in [0.15, 0.2) is 11.5 Å². The van der Waals surface area contributed by atoms with Crippen LogP contribution < -0.4 is 0 Å². The van der Waals surface area contributed by atoms with Crippen LogP contribution in [0, 0.1) is 0 Å². The molecular formula is C35H22N4O5. The fourth-order valence-corrected chi connectivity index (χ4v) is 6.17. The molecule has 0 fully saturated rings. The number of para-hydroxylation sites is 2. The first kappa shape index (κ1) is 25.6. The van der Waals surface area contributed by atoms with Crippen molar-refractivity contribution >= 4 is 62.1 Å². The summed E-state index contributed by atoms with van der Waals surface area (Å²) in [6.07, 6.45) is 0.447. The molecule has 44 heavy (non-hydrogen) atoms. The number of Topliss-reactive ketones (excluding diaryl/α,β-unsaturated/α-hetero) is 2. The van der Waals surface area contributed by atoms with Gasteiger partial charge in [-0.15, -0.1) is 0 Å². The van der Waals surface area contributed by atoms with E-state index >= 15 is 0 Å². The van der Waals surface area contributed by atoms with Crippen molar-refractivity contribution in [2.45, 2.75) is 13.3 Å². The molecule has 9 nitrogen and oxygen atoms in total. The Morgan fingerprint density at radius 3 is 2.00 bits per heavy atom. The van der Waals surface area contributed by atoms with Gasteiger partial charge in [-0.25, -0.2) is 9.98 Å². The average Bonchev–Trinajstić information content (AvgIpc) is 3.73. The number of aromatic amines is 1. The van der Waals surface area contributed by atoms with E-state index in [1.54, 1.807) is 54.6 Å². The van der Waals surface area contributed by atoms with E-state index in [4.69, 9.17) is 0 Å². The zero-order valence-corrected chi connectivity index (χ0v) is 23.3. The van der Waals surface area contributed by atoms with Gasteiger partial charge in [-0.2, -0.15) is 0 Å². The molecule has 9 heteroatoms. The first-order chi connectivity index (χ1) is 21.3. The smallest absolute Gasteiger partial charge is 0.228 e. The van der Waals surface area contributed by atoms with Gasteiger partial charge in [-0.3, -0.25) is 19.0 Å². The van der Waals surface area contributed by atoms with E-state index in [0.717, 1.165) is 11.1 Å². The van der Waals surface area contributed by atoms with Crippen LogP contribution in [0.2, 0.25) is 0 Å². The maximum Gasteiger partial charge on any atom is 0.228 e. The number of ketones is 2. The van der Waals surface area contributed by atoms with Crippen molar-refractivity contribution in [3.05, 3.63) is 119 Å². The maximum absolute atomic E-state index is 13.2. The number of hydrogen-bond acceptors (Lipinski definition) is 7. The highest BCUT2D eigenvalue weighted by Gasteiger charge is 2.33. The van der Waals surface area contributed by atoms with Gasteiger partial charge in [0.05, 0.1) is 16.9 Å². The highest BCUT2D eigenvalue weighted by molar-refractivity contribution is 6.56. The molecular weight excluding hydrogens is 556 g/mol. The zero-order valence-electron chi connectivity index (χ0n) is 23.3. The lowest BCUT2D eigenvalue weighted by atomic mass is 10.0. The van der Waals surface area contributed by atoms with E-state index < -0.39 is 0 Å². The number of rotatable bonds is 4. The van der Waals surface area contributed by atoms with Gasteiger partial charge in [0.1, 0.15) is 22.8 Å². The van der Waals surface area contributed by atoms with E-state index in [-0.39, 0.29) is 51.8 Å². The Kier molecular flexibility index (Phi) is 5.36. The third-order valence-corrected chi connectivity index (χ3v) is 8.22. The third kappa shape index (κ3) is 3.62. The van der Waals surface area contributed by atoms with Crippen molar-refractivity contribution in [1.29, 1.82) is 0 Å². The van der Waals surface area contributed by atoms with Crippen molar-refractivity contribution in [1.82, 2.24) is 9.55 Å². The number of aromatic hydroxyl groups is 2. The van der Waals surface area contributed by atoms with Gasteiger partial charge in [0, 0.05) is 34.3 Å². The minimum atomic E-state index is -0.359. The molecule has 0 amide bonds. The number of aromatic nitrogens is 2. The number of benzene rings is 4. The van der Waals surface area contributed by atoms with Gasteiger partial charge in [-0.05, 0) is 66.1 Å². The van der Waals surface area contributed by atoms with Gasteiger partial charge < -0.3 is 15.2 Å².